The van der Waals surface area contributed by atoms with Crippen molar-refractivity contribution < 1.29 is 9.53 Å². The van der Waals surface area contributed by atoms with E-state index in [0.717, 1.165) is 19.3 Å². The summed E-state index contributed by atoms with van der Waals surface area (Å²) < 4.78 is 4.49. The van der Waals surface area contributed by atoms with Gasteiger partial charge >= 0.3 is 5.97 Å². The first kappa shape index (κ1) is 10.8. The Labute approximate surface area is 84.8 Å². The van der Waals surface area contributed by atoms with Crippen LogP contribution in [-0.4, -0.2) is 18.6 Å². The smallest absolute Gasteiger partial charge is 0.331 e. The zero-order chi connectivity index (χ0) is 10.4. The highest BCUT2D eigenvalue weighted by Gasteiger charge is 2.21. The maximum absolute atomic E-state index is 10.8. The molecule has 3 nitrogen and oxygen atoms in total. The van der Waals surface area contributed by atoms with Gasteiger partial charge in [-0.15, -0.1) is 0 Å². The molecule has 1 unspecified atom stereocenters. The molecule has 0 bridgehead atoms. The van der Waals surface area contributed by atoms with Gasteiger partial charge in [-0.3, -0.25) is 0 Å². The zero-order valence-electron chi connectivity index (χ0n) is 8.75. The summed E-state index contributed by atoms with van der Waals surface area (Å²) in [6, 6.07) is 0. The molecule has 0 aromatic carbocycles. The fourth-order valence-corrected chi connectivity index (χ4v) is 1.48. The summed E-state index contributed by atoms with van der Waals surface area (Å²) in [7, 11) is 1.37. The summed E-state index contributed by atoms with van der Waals surface area (Å²) in [4.78, 5) is 10.8. The minimum absolute atomic E-state index is 0.0826. The molecule has 0 saturated heterocycles. The minimum Gasteiger partial charge on any atom is -0.466 e. The molecule has 3 heteroatoms. The fourth-order valence-electron chi connectivity index (χ4n) is 1.48. The van der Waals surface area contributed by atoms with Crippen molar-refractivity contribution in [3.63, 3.8) is 0 Å². The topological polar surface area (TPSA) is 38.3 Å². The van der Waals surface area contributed by atoms with Crippen LogP contribution in [-0.2, 0) is 9.53 Å². The van der Waals surface area contributed by atoms with Crippen LogP contribution in [0.3, 0.4) is 0 Å². The Bertz CT molecular complexity index is 258. The van der Waals surface area contributed by atoms with Gasteiger partial charge in [-0.25, -0.2) is 4.79 Å². The number of methoxy groups -OCH3 is 1. The highest BCUT2D eigenvalue weighted by molar-refractivity contribution is 5.81. The monoisotopic (exact) mass is 195 g/mol. The van der Waals surface area contributed by atoms with Gasteiger partial charge in [0.25, 0.3) is 0 Å². The largest absolute Gasteiger partial charge is 0.466 e. The van der Waals surface area contributed by atoms with Crippen LogP contribution in [0.5, 0.6) is 0 Å². The van der Waals surface area contributed by atoms with E-state index in [0.29, 0.717) is 0 Å². The van der Waals surface area contributed by atoms with Gasteiger partial charge in [0, 0.05) is 17.8 Å². The Balaban J connectivity index is 2.39. The number of carbonyl (C=O) groups excluding carboxylic acids is 1. The van der Waals surface area contributed by atoms with E-state index in [1.807, 2.05) is 0 Å². The van der Waals surface area contributed by atoms with Crippen molar-refractivity contribution in [3.8, 4) is 0 Å². The van der Waals surface area contributed by atoms with Crippen LogP contribution in [0.4, 0.5) is 0 Å². The molecule has 0 aliphatic heterocycles. The molecule has 78 valence electrons. The number of ether oxygens (including phenoxy) is 1. The Morgan fingerprint density at radius 1 is 1.57 bits per heavy atom. The van der Waals surface area contributed by atoms with Gasteiger partial charge in [0.1, 0.15) is 0 Å². The van der Waals surface area contributed by atoms with Gasteiger partial charge in [-0.05, 0) is 26.2 Å². The van der Waals surface area contributed by atoms with Crippen LogP contribution in [0.2, 0.25) is 0 Å². The molecule has 0 heterocycles. The Morgan fingerprint density at radius 3 is 2.93 bits per heavy atom. The molecule has 0 radical (unpaired) electrons. The first-order valence-corrected chi connectivity index (χ1v) is 4.83. The van der Waals surface area contributed by atoms with Gasteiger partial charge in [0.15, 0.2) is 0 Å². The van der Waals surface area contributed by atoms with Crippen molar-refractivity contribution >= 4 is 5.97 Å². The molecule has 1 rings (SSSR count). The minimum atomic E-state index is -0.326. The van der Waals surface area contributed by atoms with Crippen molar-refractivity contribution in [2.45, 2.75) is 31.7 Å². The normalized spacial score (nSPS) is 26.4. The molecule has 0 saturated carbocycles. The van der Waals surface area contributed by atoms with Crippen LogP contribution in [0.15, 0.2) is 24.4 Å². The van der Waals surface area contributed by atoms with Gasteiger partial charge in [-0.1, -0.05) is 12.2 Å². The Hall–Kier alpha value is -1.25. The molecule has 1 N–H and O–H groups in total. The number of esters is 1. The summed E-state index contributed by atoms with van der Waals surface area (Å²) in [5.41, 5.74) is 0.0826. The van der Waals surface area contributed by atoms with Crippen LogP contribution in [0, 0.1) is 0 Å². The lowest BCUT2D eigenvalue weighted by molar-refractivity contribution is -0.134. The second kappa shape index (κ2) is 4.84. The van der Waals surface area contributed by atoms with Crippen LogP contribution in [0.25, 0.3) is 0 Å². The van der Waals surface area contributed by atoms with Gasteiger partial charge < -0.3 is 10.1 Å². The highest BCUT2D eigenvalue weighted by Crippen LogP contribution is 2.22. The van der Waals surface area contributed by atoms with Crippen molar-refractivity contribution in [3.05, 3.63) is 24.4 Å². The summed E-state index contributed by atoms with van der Waals surface area (Å²) in [5, 5.41) is 3.23. The summed E-state index contributed by atoms with van der Waals surface area (Å²) >= 11 is 0. The number of nitrogens with one attached hydrogen (secondary N) is 1. The maximum Gasteiger partial charge on any atom is 0.331 e. The summed E-state index contributed by atoms with van der Waals surface area (Å²) in [6.07, 6.45) is 10.6. The predicted octanol–water partition coefficient (Wildman–Crippen LogP) is 1.76. The number of carbonyl (C=O) groups is 1. The lowest BCUT2D eigenvalue weighted by atomic mass is 9.88. The van der Waals surface area contributed by atoms with E-state index < -0.39 is 0 Å². The molecule has 0 aromatic rings. The molecule has 1 aliphatic rings. The van der Waals surface area contributed by atoms with Crippen molar-refractivity contribution in [2.75, 3.05) is 7.11 Å². The average molecular weight is 195 g/mol. The Kier molecular flexibility index (Phi) is 3.74. The molecule has 1 atom stereocenters. The fraction of sp³-hybridized carbons (Fsp3) is 0.545. The van der Waals surface area contributed by atoms with Crippen LogP contribution >= 0.6 is 0 Å². The number of hydrogen-bond donors (Lipinski definition) is 1. The van der Waals surface area contributed by atoms with E-state index in [2.05, 4.69) is 29.1 Å². The first-order valence-electron chi connectivity index (χ1n) is 4.83. The van der Waals surface area contributed by atoms with E-state index in [4.69, 9.17) is 0 Å². The van der Waals surface area contributed by atoms with Crippen LogP contribution < -0.4 is 5.32 Å². The molecule has 1 aliphatic carbocycles. The molecule has 0 spiro atoms. The molecular weight excluding hydrogens is 178 g/mol. The van der Waals surface area contributed by atoms with Gasteiger partial charge in [-0.2, -0.15) is 0 Å². The lowest BCUT2D eigenvalue weighted by Gasteiger charge is -2.31. The van der Waals surface area contributed by atoms with Crippen molar-refractivity contribution in [2.24, 2.45) is 0 Å². The van der Waals surface area contributed by atoms with E-state index in [1.54, 1.807) is 6.20 Å². The number of hydrogen-bond acceptors (Lipinski definition) is 3. The molecular formula is C11H17NO2. The quantitative estimate of drug-likeness (QED) is 0.423. The van der Waals surface area contributed by atoms with Crippen LogP contribution in [0.1, 0.15) is 26.2 Å². The van der Waals surface area contributed by atoms with Gasteiger partial charge in [0.2, 0.25) is 0 Å². The SMILES string of the molecule is COC(=O)/C=C/NC1(C)CC=CCC1. The third-order valence-corrected chi connectivity index (χ3v) is 2.45. The molecule has 0 fully saturated rings. The van der Waals surface area contributed by atoms with Gasteiger partial charge in [0.05, 0.1) is 7.11 Å². The van der Waals surface area contributed by atoms with E-state index in [9.17, 15) is 4.79 Å². The standard InChI is InChI=1S/C11H17NO2/c1-11(7-4-3-5-8-11)12-9-6-10(13)14-2/h3-4,6,9,12H,5,7-8H2,1-2H3/b9-6+. The zero-order valence-corrected chi connectivity index (χ0v) is 8.75. The molecule has 0 aromatic heterocycles. The lowest BCUT2D eigenvalue weighted by Crippen LogP contribution is -2.39. The van der Waals surface area contributed by atoms with E-state index in [-0.39, 0.29) is 11.5 Å². The highest BCUT2D eigenvalue weighted by atomic mass is 16.5. The second-order valence-corrected chi connectivity index (χ2v) is 3.78. The summed E-state index contributed by atoms with van der Waals surface area (Å²) in [6.45, 7) is 2.15. The predicted molar refractivity (Wildman–Crippen MR) is 55.7 cm³/mol. The maximum atomic E-state index is 10.8. The first-order chi connectivity index (χ1) is 6.66. The molecule has 0 amide bonds. The van der Waals surface area contributed by atoms with Crippen molar-refractivity contribution in [1.82, 2.24) is 5.32 Å². The number of rotatable bonds is 3. The Morgan fingerprint density at radius 2 is 2.36 bits per heavy atom. The molecule has 14 heavy (non-hydrogen) atoms. The number of allylic oxidation sites excluding steroid dienone is 1. The van der Waals surface area contributed by atoms with E-state index >= 15 is 0 Å². The third kappa shape index (κ3) is 3.24. The van der Waals surface area contributed by atoms with E-state index in [1.165, 1.54) is 13.2 Å². The average Bonchev–Trinajstić information content (AvgIpc) is 2.18. The third-order valence-electron chi connectivity index (χ3n) is 2.45. The second-order valence-electron chi connectivity index (χ2n) is 3.78. The summed E-state index contributed by atoms with van der Waals surface area (Å²) in [5.74, 6) is -0.326. The van der Waals surface area contributed by atoms with Crippen molar-refractivity contribution in [1.29, 1.82) is 0 Å².